The van der Waals surface area contributed by atoms with Crippen LogP contribution in [0.5, 0.6) is 6.01 Å². The first-order valence-corrected chi connectivity index (χ1v) is 15.7. The molecule has 3 aromatic rings. The van der Waals surface area contributed by atoms with E-state index in [1.807, 2.05) is 18.2 Å². The summed E-state index contributed by atoms with van der Waals surface area (Å²) in [5.74, 6) is 0.234. The molecule has 2 fully saturated rings. The normalized spacial score (nSPS) is 20.7. The molecule has 1 amide bonds. The van der Waals surface area contributed by atoms with Crippen molar-refractivity contribution in [3.8, 4) is 6.01 Å². The van der Waals surface area contributed by atoms with Gasteiger partial charge in [0, 0.05) is 54.9 Å². The molecule has 3 aliphatic heterocycles. The maximum atomic E-state index is 12.8. The Kier molecular flexibility index (Phi) is 9.33. The standard InChI is InChI=1S/C33H36ClF2N7O2/c1-37-18-24-19-42(16-17-43(24)30(44)12-11-29(35)36)32-25-13-15-41(28-10-4-7-22-6-3-9-26(34)31(22)28)20-27(25)38-33(39-32)45-21-23-8-5-14-40(23)2/h3-4,6-7,9-12,23-24,29H,5,8,13-21H2,2H3/b12-11+/t23-,24-/m0/s1. The van der Waals surface area contributed by atoms with Gasteiger partial charge < -0.3 is 29.2 Å². The molecule has 2 saturated heterocycles. The number of rotatable bonds is 8. The Bertz CT molecular complexity index is 1630. The van der Waals surface area contributed by atoms with E-state index in [2.05, 4.69) is 44.8 Å². The maximum Gasteiger partial charge on any atom is 0.318 e. The van der Waals surface area contributed by atoms with Gasteiger partial charge in [-0.2, -0.15) is 9.97 Å². The lowest BCUT2D eigenvalue weighted by atomic mass is 10.0. The van der Waals surface area contributed by atoms with Gasteiger partial charge in [0.05, 0.1) is 17.3 Å². The molecule has 0 N–H and O–H groups in total. The topological polar surface area (TPSA) is 69.4 Å². The number of likely N-dealkylation sites (tertiary alicyclic amines) is 1. The molecule has 0 saturated carbocycles. The van der Waals surface area contributed by atoms with Gasteiger partial charge in [-0.05, 0) is 56.4 Å². The van der Waals surface area contributed by atoms with Crippen molar-refractivity contribution in [2.45, 2.75) is 44.3 Å². The van der Waals surface area contributed by atoms with Crippen molar-refractivity contribution >= 4 is 39.8 Å². The monoisotopic (exact) mass is 635 g/mol. The molecular weight excluding hydrogens is 600 g/mol. The van der Waals surface area contributed by atoms with Crippen LogP contribution in [0.4, 0.5) is 20.3 Å². The number of piperazine rings is 1. The lowest BCUT2D eigenvalue weighted by Crippen LogP contribution is -2.56. The summed E-state index contributed by atoms with van der Waals surface area (Å²) in [7, 11) is 2.10. The number of ether oxygens (including phenoxy) is 1. The fourth-order valence-electron chi connectivity index (χ4n) is 6.67. The Morgan fingerprint density at radius 3 is 2.71 bits per heavy atom. The summed E-state index contributed by atoms with van der Waals surface area (Å²) in [6.45, 7) is 11.4. The van der Waals surface area contributed by atoms with Crippen LogP contribution in [-0.4, -0.2) is 97.1 Å². The second-order valence-electron chi connectivity index (χ2n) is 11.8. The summed E-state index contributed by atoms with van der Waals surface area (Å²) in [5, 5.41) is 2.77. The van der Waals surface area contributed by atoms with Gasteiger partial charge in [0.25, 0.3) is 6.43 Å². The van der Waals surface area contributed by atoms with Gasteiger partial charge in [-0.3, -0.25) is 4.79 Å². The molecule has 1 aromatic heterocycles. The third-order valence-corrected chi connectivity index (χ3v) is 9.34. The quantitative estimate of drug-likeness (QED) is 0.253. The van der Waals surface area contributed by atoms with E-state index in [1.54, 1.807) is 0 Å². The summed E-state index contributed by atoms with van der Waals surface area (Å²) in [6, 6.07) is 12.2. The predicted molar refractivity (Wildman–Crippen MR) is 171 cm³/mol. The first-order chi connectivity index (χ1) is 21.8. The van der Waals surface area contributed by atoms with E-state index >= 15 is 0 Å². The minimum absolute atomic E-state index is 0.0605. The summed E-state index contributed by atoms with van der Waals surface area (Å²) >= 11 is 6.68. The van der Waals surface area contributed by atoms with E-state index in [0.717, 1.165) is 65.5 Å². The highest BCUT2D eigenvalue weighted by atomic mass is 35.5. The van der Waals surface area contributed by atoms with Crippen LogP contribution in [-0.2, 0) is 17.8 Å². The third-order valence-electron chi connectivity index (χ3n) is 9.02. The van der Waals surface area contributed by atoms with Crippen LogP contribution in [0.25, 0.3) is 15.6 Å². The summed E-state index contributed by atoms with van der Waals surface area (Å²) < 4.78 is 31.8. The Hall–Kier alpha value is -4.01. The molecule has 4 heterocycles. The first kappa shape index (κ1) is 31.0. The van der Waals surface area contributed by atoms with Crippen molar-refractivity contribution in [2.24, 2.45) is 0 Å². The van der Waals surface area contributed by atoms with Crippen LogP contribution in [0.1, 0.15) is 24.1 Å². The van der Waals surface area contributed by atoms with Crippen molar-refractivity contribution in [1.29, 1.82) is 0 Å². The number of hydrogen-bond donors (Lipinski definition) is 0. The molecule has 0 spiro atoms. The molecule has 9 nitrogen and oxygen atoms in total. The molecular formula is C33H36ClF2N7O2. The molecule has 6 rings (SSSR count). The van der Waals surface area contributed by atoms with Crippen LogP contribution in [0.2, 0.25) is 5.02 Å². The number of fused-ring (bicyclic) bond motifs is 2. The number of halogens is 3. The lowest BCUT2D eigenvalue weighted by molar-refractivity contribution is -0.128. The van der Waals surface area contributed by atoms with Gasteiger partial charge >= 0.3 is 6.01 Å². The number of benzene rings is 2. The highest BCUT2D eigenvalue weighted by molar-refractivity contribution is 6.36. The average Bonchev–Trinajstić information content (AvgIpc) is 3.46. The smallest absolute Gasteiger partial charge is 0.318 e. The number of amides is 1. The van der Waals surface area contributed by atoms with Gasteiger partial charge in [0.2, 0.25) is 12.5 Å². The van der Waals surface area contributed by atoms with Crippen LogP contribution in [0.3, 0.4) is 0 Å². The summed E-state index contributed by atoms with van der Waals surface area (Å²) in [5.41, 5.74) is 2.92. The van der Waals surface area contributed by atoms with Crippen LogP contribution in [0, 0.1) is 6.57 Å². The fourth-order valence-corrected chi connectivity index (χ4v) is 6.95. The van der Waals surface area contributed by atoms with Gasteiger partial charge in [-0.25, -0.2) is 15.4 Å². The second-order valence-corrected chi connectivity index (χ2v) is 12.2. The SMILES string of the molecule is [C-]#[N+]C[C@H]1CN(c2nc(OC[C@@H]3CCCN3C)nc3c2CCN(c2cccc4cccc(Cl)c24)C3)CCN1C(=O)/C=C/C(F)F. The maximum absolute atomic E-state index is 12.8. The predicted octanol–water partition coefficient (Wildman–Crippen LogP) is 5.08. The van der Waals surface area contributed by atoms with Crippen molar-refractivity contribution in [3.05, 3.63) is 76.2 Å². The van der Waals surface area contributed by atoms with Crippen LogP contribution in [0.15, 0.2) is 48.6 Å². The molecule has 236 valence electrons. The Balaban J connectivity index is 1.32. The number of likely N-dealkylation sites (N-methyl/N-ethyl adjacent to an activating group) is 1. The molecule has 0 unspecified atom stereocenters. The minimum atomic E-state index is -2.71. The molecule has 12 heteroatoms. The Morgan fingerprint density at radius 1 is 1.13 bits per heavy atom. The lowest BCUT2D eigenvalue weighted by Gasteiger charge is -2.41. The van der Waals surface area contributed by atoms with E-state index in [4.69, 9.17) is 32.9 Å². The molecule has 0 radical (unpaired) electrons. The number of carbonyl (C=O) groups is 1. The Labute approximate surface area is 266 Å². The highest BCUT2D eigenvalue weighted by Crippen LogP contribution is 2.37. The van der Waals surface area contributed by atoms with Crippen molar-refractivity contribution in [3.63, 3.8) is 0 Å². The molecule has 0 bridgehead atoms. The number of nitrogens with zero attached hydrogens (tertiary/aromatic N) is 7. The molecule has 45 heavy (non-hydrogen) atoms. The van der Waals surface area contributed by atoms with Crippen molar-refractivity contribution in [1.82, 2.24) is 19.8 Å². The van der Waals surface area contributed by atoms with Crippen molar-refractivity contribution < 1.29 is 18.3 Å². The highest BCUT2D eigenvalue weighted by Gasteiger charge is 2.35. The summed E-state index contributed by atoms with van der Waals surface area (Å²) in [4.78, 5) is 34.4. The zero-order chi connectivity index (χ0) is 31.5. The number of aromatic nitrogens is 2. The van der Waals surface area contributed by atoms with Crippen LogP contribution < -0.4 is 14.5 Å². The molecule has 2 atom stereocenters. The van der Waals surface area contributed by atoms with Gasteiger partial charge in [-0.1, -0.05) is 35.9 Å². The van der Waals surface area contributed by atoms with Gasteiger partial charge in [0.1, 0.15) is 18.5 Å². The zero-order valence-electron chi connectivity index (χ0n) is 25.2. The first-order valence-electron chi connectivity index (χ1n) is 15.3. The van der Waals surface area contributed by atoms with E-state index in [9.17, 15) is 13.6 Å². The molecule has 0 aliphatic carbocycles. The van der Waals surface area contributed by atoms with E-state index < -0.39 is 18.4 Å². The van der Waals surface area contributed by atoms with E-state index in [0.29, 0.717) is 55.8 Å². The number of anilines is 2. The summed E-state index contributed by atoms with van der Waals surface area (Å²) in [6.07, 6.45) is 1.64. The van der Waals surface area contributed by atoms with Gasteiger partial charge in [0.15, 0.2) is 0 Å². The van der Waals surface area contributed by atoms with E-state index in [-0.39, 0.29) is 13.1 Å². The number of alkyl halides is 2. The fraction of sp³-hybridized carbons (Fsp3) is 0.455. The zero-order valence-corrected chi connectivity index (χ0v) is 26.0. The Morgan fingerprint density at radius 2 is 1.96 bits per heavy atom. The molecule has 2 aromatic carbocycles. The number of allylic oxidation sites excluding steroid dienone is 1. The van der Waals surface area contributed by atoms with Gasteiger partial charge in [-0.15, -0.1) is 0 Å². The minimum Gasteiger partial charge on any atom is -0.462 e. The number of hydrogen-bond acceptors (Lipinski definition) is 7. The molecule has 3 aliphatic rings. The third kappa shape index (κ3) is 6.67. The van der Waals surface area contributed by atoms with Crippen LogP contribution >= 0.6 is 11.6 Å². The van der Waals surface area contributed by atoms with Crippen molar-refractivity contribution in [2.75, 3.05) is 62.7 Å². The number of carbonyl (C=O) groups excluding carboxylic acids is 1. The second kappa shape index (κ2) is 13.5. The van der Waals surface area contributed by atoms with E-state index in [1.165, 1.54) is 4.90 Å². The average molecular weight is 636 g/mol. The largest absolute Gasteiger partial charge is 0.462 e.